The Morgan fingerprint density at radius 3 is 2.92 bits per heavy atom. The molecule has 0 bridgehead atoms. The molecule has 1 aliphatic carbocycles. The van der Waals surface area contributed by atoms with E-state index in [9.17, 15) is 9.59 Å². The molecule has 0 radical (unpaired) electrons. The van der Waals surface area contributed by atoms with E-state index in [1.54, 1.807) is 13.0 Å². The third kappa shape index (κ3) is 4.17. The lowest BCUT2D eigenvalue weighted by Gasteiger charge is -2.06. The number of hydrogen-bond acceptors (Lipinski definition) is 5. The number of oxazole rings is 1. The second kappa shape index (κ2) is 7.09. The number of rotatable bonds is 7. The number of anilines is 1. The number of nitrogens with zero attached hydrogens (tertiary/aromatic N) is 1. The summed E-state index contributed by atoms with van der Waals surface area (Å²) < 4.78 is 5.60. The number of nitrogens with one attached hydrogen (secondary N) is 1. The minimum absolute atomic E-state index is 0.0534. The van der Waals surface area contributed by atoms with Crippen molar-refractivity contribution in [3.63, 3.8) is 0 Å². The maximum atomic E-state index is 12.4. The highest BCUT2D eigenvalue weighted by Gasteiger charge is 2.30. The highest BCUT2D eigenvalue weighted by molar-refractivity contribution is 7.99. The summed E-state index contributed by atoms with van der Waals surface area (Å²) in [7, 11) is 0. The molecule has 1 aliphatic rings. The van der Waals surface area contributed by atoms with Gasteiger partial charge in [-0.25, -0.2) is 4.98 Å². The number of carbonyl (C=O) groups excluding carboxylic acids is 1. The number of hydrogen-bond donors (Lipinski definition) is 2. The number of aryl methyl sites for hydroxylation is 1. The molecule has 2 aromatic rings. The van der Waals surface area contributed by atoms with E-state index in [-0.39, 0.29) is 17.4 Å². The molecule has 2 N–H and O–H groups in total. The number of carboxylic acids is 1. The monoisotopic (exact) mass is 346 g/mol. The van der Waals surface area contributed by atoms with Crippen LogP contribution in [0.2, 0.25) is 0 Å². The fourth-order valence-corrected chi connectivity index (χ4v) is 3.01. The third-order valence-corrected chi connectivity index (χ3v) is 4.61. The van der Waals surface area contributed by atoms with E-state index >= 15 is 0 Å². The first-order valence-corrected chi connectivity index (χ1v) is 8.85. The third-order valence-electron chi connectivity index (χ3n) is 3.63. The quantitative estimate of drug-likeness (QED) is 0.798. The van der Waals surface area contributed by atoms with Crippen molar-refractivity contribution in [3.05, 3.63) is 47.2 Å². The SMILES string of the molecule is Cc1nc(C2CC2)oc1C(=O)Nc1cccc(CSCC(=O)O)c1. The molecule has 1 heterocycles. The first-order valence-electron chi connectivity index (χ1n) is 7.70. The minimum atomic E-state index is -0.836. The molecule has 1 saturated carbocycles. The average molecular weight is 346 g/mol. The summed E-state index contributed by atoms with van der Waals surface area (Å²) in [6, 6.07) is 7.35. The molecule has 0 aliphatic heterocycles. The summed E-state index contributed by atoms with van der Waals surface area (Å²) in [6.07, 6.45) is 2.13. The van der Waals surface area contributed by atoms with Gasteiger partial charge in [-0.05, 0) is 37.5 Å². The Morgan fingerprint density at radius 2 is 2.21 bits per heavy atom. The molecule has 1 aromatic heterocycles. The van der Waals surface area contributed by atoms with Gasteiger partial charge in [0.15, 0.2) is 5.89 Å². The number of amides is 1. The topological polar surface area (TPSA) is 92.4 Å². The van der Waals surface area contributed by atoms with Gasteiger partial charge >= 0.3 is 5.97 Å². The standard InChI is InChI=1S/C17H18N2O4S/c1-10-15(23-17(18-10)12-5-6-12)16(22)19-13-4-2-3-11(7-13)8-24-9-14(20)21/h2-4,7,12H,5-6,8-9H2,1H3,(H,19,22)(H,20,21). The Balaban J connectivity index is 1.64. The number of aliphatic carboxylic acids is 1. The van der Waals surface area contributed by atoms with E-state index < -0.39 is 5.97 Å². The molecule has 126 valence electrons. The van der Waals surface area contributed by atoms with Gasteiger partial charge in [0.05, 0.1) is 11.4 Å². The molecular formula is C17H18N2O4S. The molecule has 1 aromatic carbocycles. The number of carboxylic acid groups (broad SMARTS) is 1. The predicted molar refractivity (Wildman–Crippen MR) is 91.4 cm³/mol. The predicted octanol–water partition coefficient (Wildman–Crippen LogP) is 3.43. The van der Waals surface area contributed by atoms with E-state index in [2.05, 4.69) is 10.3 Å². The Kier molecular flexibility index (Phi) is 4.89. The van der Waals surface area contributed by atoms with Crippen LogP contribution in [0.4, 0.5) is 5.69 Å². The van der Waals surface area contributed by atoms with Gasteiger partial charge in [0, 0.05) is 17.4 Å². The molecule has 1 amide bonds. The molecule has 0 atom stereocenters. The van der Waals surface area contributed by atoms with Crippen molar-refractivity contribution in [2.75, 3.05) is 11.1 Å². The molecular weight excluding hydrogens is 328 g/mol. The average Bonchev–Trinajstić information content (AvgIpc) is 3.30. The maximum absolute atomic E-state index is 12.4. The summed E-state index contributed by atoms with van der Waals surface area (Å²) >= 11 is 1.31. The van der Waals surface area contributed by atoms with Crippen LogP contribution >= 0.6 is 11.8 Å². The summed E-state index contributed by atoms with van der Waals surface area (Å²) in [6.45, 7) is 1.77. The van der Waals surface area contributed by atoms with Gasteiger partial charge in [0.2, 0.25) is 5.76 Å². The Labute approximate surface area is 143 Å². The van der Waals surface area contributed by atoms with E-state index in [0.29, 0.717) is 28.9 Å². The van der Waals surface area contributed by atoms with Crippen LogP contribution in [-0.4, -0.2) is 27.7 Å². The highest BCUT2D eigenvalue weighted by atomic mass is 32.2. The zero-order valence-corrected chi connectivity index (χ0v) is 14.1. The summed E-state index contributed by atoms with van der Waals surface area (Å²) in [5.41, 5.74) is 2.20. The number of thioether (sulfide) groups is 1. The molecule has 0 unspecified atom stereocenters. The van der Waals surface area contributed by atoms with Crippen molar-refractivity contribution in [2.24, 2.45) is 0 Å². The molecule has 0 saturated heterocycles. The molecule has 1 fully saturated rings. The van der Waals surface area contributed by atoms with E-state index in [1.807, 2.05) is 18.2 Å². The molecule has 6 nitrogen and oxygen atoms in total. The molecule has 3 rings (SSSR count). The Morgan fingerprint density at radius 1 is 1.42 bits per heavy atom. The lowest BCUT2D eigenvalue weighted by atomic mass is 10.2. The maximum Gasteiger partial charge on any atom is 0.313 e. The van der Waals surface area contributed by atoms with Crippen molar-refractivity contribution in [3.8, 4) is 0 Å². The van der Waals surface area contributed by atoms with E-state index in [1.165, 1.54) is 11.8 Å². The van der Waals surface area contributed by atoms with E-state index in [0.717, 1.165) is 18.4 Å². The zero-order chi connectivity index (χ0) is 17.1. The molecule has 0 spiro atoms. The van der Waals surface area contributed by atoms with Gasteiger partial charge in [-0.3, -0.25) is 9.59 Å². The van der Waals surface area contributed by atoms with Crippen LogP contribution in [0.15, 0.2) is 28.7 Å². The molecule has 24 heavy (non-hydrogen) atoms. The fourth-order valence-electron chi connectivity index (χ4n) is 2.32. The first-order chi connectivity index (χ1) is 11.5. The van der Waals surface area contributed by atoms with Crippen LogP contribution in [0.25, 0.3) is 0 Å². The lowest BCUT2D eigenvalue weighted by molar-refractivity contribution is -0.133. The fraction of sp³-hybridized carbons (Fsp3) is 0.353. The second-order valence-electron chi connectivity index (χ2n) is 5.78. The van der Waals surface area contributed by atoms with Crippen molar-refractivity contribution in [1.29, 1.82) is 0 Å². The summed E-state index contributed by atoms with van der Waals surface area (Å²) in [4.78, 5) is 27.3. The zero-order valence-electron chi connectivity index (χ0n) is 13.2. The van der Waals surface area contributed by atoms with E-state index in [4.69, 9.17) is 9.52 Å². The number of benzene rings is 1. The normalized spacial score (nSPS) is 13.7. The van der Waals surface area contributed by atoms with Crippen molar-refractivity contribution in [1.82, 2.24) is 4.98 Å². The van der Waals surface area contributed by atoms with Crippen LogP contribution in [-0.2, 0) is 10.5 Å². The van der Waals surface area contributed by atoms with Gasteiger partial charge in [0.1, 0.15) is 0 Å². The highest BCUT2D eigenvalue weighted by Crippen LogP contribution is 2.40. The van der Waals surface area contributed by atoms with Crippen LogP contribution in [0, 0.1) is 6.92 Å². The van der Waals surface area contributed by atoms with Crippen LogP contribution in [0.1, 0.15) is 46.5 Å². The number of carbonyl (C=O) groups is 2. The summed E-state index contributed by atoms with van der Waals surface area (Å²) in [5.74, 6) is 0.735. The minimum Gasteiger partial charge on any atom is -0.481 e. The molecule has 7 heteroatoms. The van der Waals surface area contributed by atoms with Crippen LogP contribution in [0.5, 0.6) is 0 Å². The first kappa shape index (κ1) is 16.6. The smallest absolute Gasteiger partial charge is 0.313 e. The Bertz CT molecular complexity index is 768. The van der Waals surface area contributed by atoms with Crippen molar-refractivity contribution in [2.45, 2.75) is 31.4 Å². The second-order valence-corrected chi connectivity index (χ2v) is 6.77. The van der Waals surface area contributed by atoms with Crippen molar-refractivity contribution >= 4 is 29.3 Å². The summed E-state index contributed by atoms with van der Waals surface area (Å²) in [5, 5.41) is 11.5. The number of aromatic nitrogens is 1. The lowest BCUT2D eigenvalue weighted by Crippen LogP contribution is -2.12. The largest absolute Gasteiger partial charge is 0.481 e. The van der Waals surface area contributed by atoms with Gasteiger partial charge in [-0.15, -0.1) is 11.8 Å². The Hall–Kier alpha value is -2.28. The van der Waals surface area contributed by atoms with Gasteiger partial charge in [-0.1, -0.05) is 12.1 Å². The van der Waals surface area contributed by atoms with Gasteiger partial charge < -0.3 is 14.8 Å². The van der Waals surface area contributed by atoms with Crippen molar-refractivity contribution < 1.29 is 19.1 Å². The van der Waals surface area contributed by atoms with Crippen LogP contribution < -0.4 is 5.32 Å². The van der Waals surface area contributed by atoms with Gasteiger partial charge in [-0.2, -0.15) is 0 Å². The van der Waals surface area contributed by atoms with Gasteiger partial charge in [0.25, 0.3) is 5.91 Å². The van der Waals surface area contributed by atoms with Crippen LogP contribution in [0.3, 0.4) is 0 Å².